The Morgan fingerprint density at radius 2 is 2.29 bits per heavy atom. The van der Waals surface area contributed by atoms with Gasteiger partial charge in [-0.05, 0) is 32.2 Å². The number of Topliss-reactive ketones (excluding diaryl/α,β-unsaturated/α-hetero) is 1. The monoisotopic (exact) mass is 193 g/mol. The maximum atomic E-state index is 11.7. The Bertz CT molecular complexity index is 236. The first-order chi connectivity index (χ1) is 6.83. The van der Waals surface area contributed by atoms with E-state index >= 15 is 0 Å². The molecule has 0 aromatic heterocycles. The second kappa shape index (κ2) is 4.26. The zero-order chi connectivity index (χ0) is 9.97. The molecule has 0 radical (unpaired) electrons. The predicted octanol–water partition coefficient (Wildman–Crippen LogP) is 2.01. The summed E-state index contributed by atoms with van der Waals surface area (Å²) in [7, 11) is 0. The van der Waals surface area contributed by atoms with E-state index in [1.54, 1.807) is 0 Å². The van der Waals surface area contributed by atoms with Crippen molar-refractivity contribution in [1.29, 1.82) is 0 Å². The summed E-state index contributed by atoms with van der Waals surface area (Å²) in [6.07, 6.45) is 7.48. The molecule has 0 aromatic carbocycles. The number of rotatable bonds is 3. The minimum absolute atomic E-state index is 0.345. The van der Waals surface area contributed by atoms with Gasteiger partial charge in [0.2, 0.25) is 0 Å². The van der Waals surface area contributed by atoms with E-state index in [0.717, 1.165) is 32.4 Å². The van der Waals surface area contributed by atoms with Crippen molar-refractivity contribution in [2.24, 2.45) is 5.92 Å². The van der Waals surface area contributed by atoms with Crippen LogP contribution >= 0.6 is 0 Å². The Morgan fingerprint density at radius 3 is 2.93 bits per heavy atom. The topological polar surface area (TPSA) is 20.3 Å². The van der Waals surface area contributed by atoms with Crippen molar-refractivity contribution < 1.29 is 4.79 Å². The molecule has 0 aromatic rings. The number of ketones is 1. The van der Waals surface area contributed by atoms with Gasteiger partial charge in [0.05, 0.1) is 0 Å². The fourth-order valence-electron chi connectivity index (χ4n) is 2.95. The lowest BCUT2D eigenvalue weighted by Crippen LogP contribution is -2.37. The van der Waals surface area contributed by atoms with Gasteiger partial charge in [0, 0.05) is 24.9 Å². The van der Waals surface area contributed by atoms with Gasteiger partial charge < -0.3 is 0 Å². The van der Waals surface area contributed by atoms with Crippen molar-refractivity contribution in [1.82, 2.24) is 4.90 Å². The summed E-state index contributed by atoms with van der Waals surface area (Å²) >= 11 is 0. The van der Waals surface area contributed by atoms with Crippen LogP contribution in [0.4, 0.5) is 0 Å². The molecule has 2 rings (SSSR count). The number of hydrogen-bond acceptors (Lipinski definition) is 2. The minimum atomic E-state index is 0.345. The quantitative estimate of drug-likeness (QED) is 0.639. The second-order valence-corrected chi connectivity index (χ2v) is 4.46. The summed E-state index contributed by atoms with van der Waals surface area (Å²) in [5.41, 5.74) is 0. The summed E-state index contributed by atoms with van der Waals surface area (Å²) in [5.74, 6) is 0.850. The smallest absolute Gasteiger partial charge is 0.137 e. The first-order valence-corrected chi connectivity index (χ1v) is 5.70. The molecule has 14 heavy (non-hydrogen) atoms. The highest BCUT2D eigenvalue weighted by atomic mass is 16.1. The lowest BCUT2D eigenvalue weighted by atomic mass is 9.95. The molecule has 1 heterocycles. The lowest BCUT2D eigenvalue weighted by Gasteiger charge is -2.27. The third-order valence-corrected chi connectivity index (χ3v) is 3.59. The fourth-order valence-corrected chi connectivity index (χ4v) is 2.95. The zero-order valence-electron chi connectivity index (χ0n) is 8.74. The Kier molecular flexibility index (Phi) is 3.02. The van der Waals surface area contributed by atoms with Crippen LogP contribution in [0.2, 0.25) is 0 Å². The molecule has 2 heteroatoms. The summed E-state index contributed by atoms with van der Waals surface area (Å²) in [5, 5.41) is 0. The number of carbonyl (C=O) groups is 1. The van der Waals surface area contributed by atoms with Crippen LogP contribution in [-0.4, -0.2) is 29.8 Å². The molecule has 2 unspecified atom stereocenters. The first kappa shape index (κ1) is 9.91. The predicted molar refractivity (Wildman–Crippen MR) is 57.1 cm³/mol. The highest BCUT2D eigenvalue weighted by molar-refractivity contribution is 5.83. The lowest BCUT2D eigenvalue weighted by molar-refractivity contribution is -0.122. The Hall–Kier alpha value is -0.630. The van der Waals surface area contributed by atoms with Gasteiger partial charge in [-0.25, -0.2) is 0 Å². The summed E-state index contributed by atoms with van der Waals surface area (Å²) in [6, 6.07) is 0.531. The largest absolute Gasteiger partial charge is 0.299 e. The third-order valence-electron chi connectivity index (χ3n) is 3.59. The summed E-state index contributed by atoms with van der Waals surface area (Å²) in [6.45, 7) is 5.88. The molecule has 1 aliphatic carbocycles. The molecule has 2 aliphatic rings. The van der Waals surface area contributed by atoms with E-state index in [1.165, 1.54) is 12.8 Å². The Morgan fingerprint density at radius 1 is 1.43 bits per heavy atom. The van der Waals surface area contributed by atoms with E-state index in [4.69, 9.17) is 0 Å². The Labute approximate surface area is 86.0 Å². The van der Waals surface area contributed by atoms with Crippen LogP contribution in [-0.2, 0) is 4.79 Å². The van der Waals surface area contributed by atoms with E-state index in [9.17, 15) is 4.79 Å². The highest BCUT2D eigenvalue weighted by Crippen LogP contribution is 2.32. The molecule has 2 fully saturated rings. The maximum absolute atomic E-state index is 11.7. The van der Waals surface area contributed by atoms with Gasteiger partial charge in [-0.3, -0.25) is 9.69 Å². The molecule has 0 N–H and O–H groups in total. The second-order valence-electron chi connectivity index (χ2n) is 4.46. The molecule has 78 valence electrons. The van der Waals surface area contributed by atoms with Gasteiger partial charge in [0.1, 0.15) is 5.78 Å². The molecule has 2 atom stereocenters. The van der Waals surface area contributed by atoms with Crippen molar-refractivity contribution >= 4 is 5.78 Å². The zero-order valence-corrected chi connectivity index (χ0v) is 8.74. The number of carbonyl (C=O) groups excluding carboxylic acids is 1. The van der Waals surface area contributed by atoms with Crippen LogP contribution in [0.25, 0.3) is 0 Å². The number of likely N-dealkylation sites (tertiary alicyclic amines) is 1. The number of nitrogens with zero attached hydrogens (tertiary/aromatic N) is 1. The van der Waals surface area contributed by atoms with Crippen LogP contribution in [0.3, 0.4) is 0 Å². The van der Waals surface area contributed by atoms with E-state index < -0.39 is 0 Å². The van der Waals surface area contributed by atoms with E-state index in [-0.39, 0.29) is 0 Å². The SMILES string of the molecule is C=CCN1CCCC1C1CCCC1=O. The van der Waals surface area contributed by atoms with Gasteiger partial charge in [-0.15, -0.1) is 6.58 Å². The highest BCUT2D eigenvalue weighted by Gasteiger charge is 2.37. The van der Waals surface area contributed by atoms with E-state index in [0.29, 0.717) is 17.7 Å². The average Bonchev–Trinajstić information content (AvgIpc) is 2.74. The third kappa shape index (κ3) is 1.76. The number of hydrogen-bond donors (Lipinski definition) is 0. The van der Waals surface area contributed by atoms with Crippen molar-refractivity contribution in [3.8, 4) is 0 Å². The van der Waals surface area contributed by atoms with Crippen molar-refractivity contribution in [3.05, 3.63) is 12.7 Å². The van der Waals surface area contributed by atoms with Crippen molar-refractivity contribution in [3.63, 3.8) is 0 Å². The van der Waals surface area contributed by atoms with Crippen LogP contribution in [0.15, 0.2) is 12.7 Å². The van der Waals surface area contributed by atoms with Crippen LogP contribution < -0.4 is 0 Å². The fraction of sp³-hybridized carbons (Fsp3) is 0.750. The molecule has 2 nitrogen and oxygen atoms in total. The van der Waals surface area contributed by atoms with Crippen LogP contribution in [0, 0.1) is 5.92 Å². The van der Waals surface area contributed by atoms with Gasteiger partial charge in [0.15, 0.2) is 0 Å². The molecule has 0 spiro atoms. The summed E-state index contributed by atoms with van der Waals surface area (Å²) in [4.78, 5) is 14.1. The Balaban J connectivity index is 2.01. The molecule has 1 aliphatic heterocycles. The van der Waals surface area contributed by atoms with Gasteiger partial charge in [0.25, 0.3) is 0 Å². The minimum Gasteiger partial charge on any atom is -0.299 e. The normalized spacial score (nSPS) is 33.9. The van der Waals surface area contributed by atoms with Crippen LogP contribution in [0.5, 0.6) is 0 Å². The van der Waals surface area contributed by atoms with Gasteiger partial charge >= 0.3 is 0 Å². The molecular weight excluding hydrogens is 174 g/mol. The first-order valence-electron chi connectivity index (χ1n) is 5.70. The van der Waals surface area contributed by atoms with Crippen molar-refractivity contribution in [2.75, 3.05) is 13.1 Å². The van der Waals surface area contributed by atoms with E-state index in [2.05, 4.69) is 11.5 Å². The van der Waals surface area contributed by atoms with Crippen molar-refractivity contribution in [2.45, 2.75) is 38.1 Å². The maximum Gasteiger partial charge on any atom is 0.137 e. The summed E-state index contributed by atoms with van der Waals surface area (Å²) < 4.78 is 0. The molecular formula is C12H19NO. The van der Waals surface area contributed by atoms with E-state index in [1.807, 2.05) is 6.08 Å². The van der Waals surface area contributed by atoms with Crippen LogP contribution in [0.1, 0.15) is 32.1 Å². The average molecular weight is 193 g/mol. The molecule has 1 saturated carbocycles. The molecule has 0 amide bonds. The van der Waals surface area contributed by atoms with Gasteiger partial charge in [-0.1, -0.05) is 6.08 Å². The molecule has 0 bridgehead atoms. The standard InChI is InChI=1S/C12H19NO/c1-2-8-13-9-4-6-11(13)10-5-3-7-12(10)14/h2,10-11H,1,3-9H2. The molecule has 1 saturated heterocycles. The van der Waals surface area contributed by atoms with Gasteiger partial charge in [-0.2, -0.15) is 0 Å².